The summed E-state index contributed by atoms with van der Waals surface area (Å²) >= 11 is 5.61. The van der Waals surface area contributed by atoms with Crippen molar-refractivity contribution in [1.82, 2.24) is 20.3 Å². The fraction of sp³-hybridized carbons (Fsp3) is 0.455. The summed E-state index contributed by atoms with van der Waals surface area (Å²) in [6, 6.07) is 10.3. The number of hydrogen-bond acceptors (Lipinski definition) is 5. The van der Waals surface area contributed by atoms with Crippen LogP contribution < -0.4 is 10.3 Å². The Morgan fingerprint density at radius 1 is 1.03 bits per heavy atom. The van der Waals surface area contributed by atoms with E-state index < -0.39 is 0 Å². The van der Waals surface area contributed by atoms with E-state index in [4.69, 9.17) is 12.2 Å². The molecule has 1 N–H and O–H groups in total. The number of nitrogens with zero attached hydrogens (tertiary/aromatic N) is 5. The maximum absolute atomic E-state index is 5.61. The molecule has 2 aliphatic heterocycles. The van der Waals surface area contributed by atoms with Gasteiger partial charge in [-0.3, -0.25) is 10.4 Å². The molecule has 2 aromatic heterocycles. The Labute approximate surface area is 177 Å². The second kappa shape index (κ2) is 7.71. The van der Waals surface area contributed by atoms with Crippen LogP contribution in [0.3, 0.4) is 0 Å². The lowest BCUT2D eigenvalue weighted by Crippen LogP contribution is -2.63. The van der Waals surface area contributed by atoms with Crippen LogP contribution in [0.1, 0.15) is 36.9 Å². The molecule has 2 fully saturated rings. The van der Waals surface area contributed by atoms with E-state index >= 15 is 0 Å². The van der Waals surface area contributed by atoms with E-state index in [1.165, 1.54) is 18.4 Å². The first-order valence-electron chi connectivity index (χ1n) is 10.4. The van der Waals surface area contributed by atoms with Gasteiger partial charge in [0.15, 0.2) is 5.11 Å². The smallest absolute Gasteiger partial charge is 0.189 e. The third-order valence-electron chi connectivity index (χ3n) is 6.45. The molecule has 0 radical (unpaired) electrons. The molecule has 4 heterocycles. The molecule has 3 aliphatic rings. The zero-order valence-corrected chi connectivity index (χ0v) is 17.4. The second-order valence-electron chi connectivity index (χ2n) is 8.37. The van der Waals surface area contributed by atoms with Gasteiger partial charge in [0.2, 0.25) is 0 Å². The van der Waals surface area contributed by atoms with Crippen LogP contribution in [-0.2, 0) is 6.42 Å². The van der Waals surface area contributed by atoms with Gasteiger partial charge in [0.25, 0.3) is 0 Å². The first-order valence-corrected chi connectivity index (χ1v) is 10.9. The number of anilines is 1. The van der Waals surface area contributed by atoms with E-state index in [1.807, 2.05) is 24.5 Å². The standard InChI is InChI=1S/C22H26N6S/c29-21(26-25-18-7-3-5-17-6-4-12-24-20(17)18)28-15-22(16-28)9-13-27(14-10-22)19-8-1-2-11-23-19/h1-2,4,6,8,11-12H,3,5,7,9-10,13-16H2,(H,26,29)/b25-18-. The monoisotopic (exact) mass is 406 g/mol. The minimum atomic E-state index is 0.392. The molecule has 29 heavy (non-hydrogen) atoms. The Morgan fingerprint density at radius 2 is 1.86 bits per heavy atom. The number of thiocarbonyl (C=S) groups is 1. The van der Waals surface area contributed by atoms with Crippen molar-refractivity contribution >= 4 is 28.9 Å². The van der Waals surface area contributed by atoms with E-state index in [0.29, 0.717) is 5.41 Å². The highest BCUT2D eigenvalue weighted by molar-refractivity contribution is 7.80. The minimum absolute atomic E-state index is 0.392. The Bertz CT molecular complexity index is 912. The molecule has 0 atom stereocenters. The Morgan fingerprint density at radius 3 is 2.66 bits per heavy atom. The lowest BCUT2D eigenvalue weighted by atomic mass is 9.72. The number of rotatable bonds is 2. The maximum Gasteiger partial charge on any atom is 0.189 e. The summed E-state index contributed by atoms with van der Waals surface area (Å²) in [5.41, 5.74) is 6.86. The molecule has 0 unspecified atom stereocenters. The fourth-order valence-electron chi connectivity index (χ4n) is 4.73. The Kier molecular flexibility index (Phi) is 4.91. The maximum atomic E-state index is 5.61. The summed E-state index contributed by atoms with van der Waals surface area (Å²) in [5, 5.41) is 5.35. The Balaban J connectivity index is 1.15. The van der Waals surface area contributed by atoms with Gasteiger partial charge in [-0.15, -0.1) is 0 Å². The number of fused-ring (bicyclic) bond motifs is 1. The quantitative estimate of drug-likeness (QED) is 0.611. The van der Waals surface area contributed by atoms with Crippen molar-refractivity contribution < 1.29 is 0 Å². The largest absolute Gasteiger partial charge is 0.357 e. The topological polar surface area (TPSA) is 56.7 Å². The summed E-state index contributed by atoms with van der Waals surface area (Å²) < 4.78 is 0. The third kappa shape index (κ3) is 3.71. The van der Waals surface area contributed by atoms with Gasteiger partial charge < -0.3 is 9.80 Å². The average Bonchev–Trinajstić information content (AvgIpc) is 2.76. The molecule has 0 aromatic carbocycles. The molecular formula is C22H26N6S. The molecule has 1 aliphatic carbocycles. The van der Waals surface area contributed by atoms with Gasteiger partial charge in [-0.1, -0.05) is 12.1 Å². The zero-order valence-electron chi connectivity index (χ0n) is 16.5. The molecule has 150 valence electrons. The average molecular weight is 407 g/mol. The van der Waals surface area contributed by atoms with Crippen LogP contribution in [0.2, 0.25) is 0 Å². The molecule has 7 heteroatoms. The molecule has 1 spiro atoms. The highest BCUT2D eigenvalue weighted by Crippen LogP contribution is 2.41. The van der Waals surface area contributed by atoms with E-state index in [-0.39, 0.29) is 0 Å². The van der Waals surface area contributed by atoms with Gasteiger partial charge in [0.1, 0.15) is 5.82 Å². The lowest BCUT2D eigenvalue weighted by Gasteiger charge is -2.54. The molecule has 6 nitrogen and oxygen atoms in total. The number of pyridine rings is 2. The van der Waals surface area contributed by atoms with Crippen molar-refractivity contribution in [2.24, 2.45) is 10.5 Å². The van der Waals surface area contributed by atoms with Gasteiger partial charge >= 0.3 is 0 Å². The van der Waals surface area contributed by atoms with Crippen LogP contribution in [-0.4, -0.2) is 51.9 Å². The summed E-state index contributed by atoms with van der Waals surface area (Å²) in [5.74, 6) is 1.09. The van der Waals surface area contributed by atoms with Crippen molar-refractivity contribution in [1.29, 1.82) is 0 Å². The van der Waals surface area contributed by atoms with E-state index in [1.54, 1.807) is 0 Å². The molecular weight excluding hydrogens is 380 g/mol. The first kappa shape index (κ1) is 18.5. The van der Waals surface area contributed by atoms with Crippen LogP contribution in [0.25, 0.3) is 0 Å². The second-order valence-corrected chi connectivity index (χ2v) is 8.76. The first-order chi connectivity index (χ1) is 14.2. The summed E-state index contributed by atoms with van der Waals surface area (Å²) in [6.45, 7) is 4.18. The zero-order chi connectivity index (χ0) is 19.7. The molecule has 0 bridgehead atoms. The molecule has 0 amide bonds. The Hall–Kier alpha value is -2.54. The van der Waals surface area contributed by atoms with Gasteiger partial charge in [-0.05, 0) is 68.1 Å². The van der Waals surface area contributed by atoms with Crippen LogP contribution in [0.5, 0.6) is 0 Å². The van der Waals surface area contributed by atoms with Crippen LogP contribution >= 0.6 is 12.2 Å². The number of nitrogens with one attached hydrogen (secondary N) is 1. The number of likely N-dealkylation sites (tertiary alicyclic amines) is 1. The van der Waals surface area contributed by atoms with Crippen molar-refractivity contribution in [2.75, 3.05) is 31.1 Å². The van der Waals surface area contributed by atoms with E-state index in [2.05, 4.69) is 48.5 Å². The number of aromatic nitrogens is 2. The SMILES string of the molecule is S=C(N/N=C1/CCCc2cccnc21)N1CC2(CCN(c3ccccn3)CC2)C1. The predicted octanol–water partition coefficient (Wildman–Crippen LogP) is 2.99. The summed E-state index contributed by atoms with van der Waals surface area (Å²) in [6.07, 6.45) is 9.24. The summed E-state index contributed by atoms with van der Waals surface area (Å²) in [7, 11) is 0. The molecule has 2 aromatic rings. The number of hydrogen-bond donors (Lipinski definition) is 1. The molecule has 5 rings (SSSR count). The number of hydrazone groups is 1. The van der Waals surface area contributed by atoms with Crippen molar-refractivity contribution in [3.05, 3.63) is 54.0 Å². The van der Waals surface area contributed by atoms with Crippen molar-refractivity contribution in [3.63, 3.8) is 0 Å². The van der Waals surface area contributed by atoms with Crippen molar-refractivity contribution in [3.8, 4) is 0 Å². The summed E-state index contributed by atoms with van der Waals surface area (Å²) in [4.78, 5) is 13.6. The van der Waals surface area contributed by atoms with Gasteiger partial charge in [0.05, 0.1) is 11.4 Å². The minimum Gasteiger partial charge on any atom is -0.357 e. The molecule has 2 saturated heterocycles. The van der Waals surface area contributed by atoms with Crippen LogP contribution in [0, 0.1) is 5.41 Å². The van der Waals surface area contributed by atoms with Crippen LogP contribution in [0.4, 0.5) is 5.82 Å². The number of piperidine rings is 1. The van der Waals surface area contributed by atoms with Gasteiger partial charge in [0, 0.05) is 44.0 Å². The van der Waals surface area contributed by atoms with Gasteiger partial charge in [-0.2, -0.15) is 5.10 Å². The predicted molar refractivity (Wildman–Crippen MR) is 119 cm³/mol. The third-order valence-corrected chi connectivity index (χ3v) is 6.80. The highest BCUT2D eigenvalue weighted by atomic mass is 32.1. The normalized spacial score (nSPS) is 21.6. The fourth-order valence-corrected chi connectivity index (χ4v) is 4.91. The van der Waals surface area contributed by atoms with E-state index in [9.17, 15) is 0 Å². The molecule has 0 saturated carbocycles. The number of aryl methyl sites for hydroxylation is 1. The highest BCUT2D eigenvalue weighted by Gasteiger charge is 2.45. The van der Waals surface area contributed by atoms with Crippen molar-refractivity contribution in [2.45, 2.75) is 32.1 Å². The van der Waals surface area contributed by atoms with Crippen LogP contribution in [0.15, 0.2) is 47.8 Å². The van der Waals surface area contributed by atoms with Gasteiger partial charge in [-0.25, -0.2) is 4.98 Å². The lowest BCUT2D eigenvalue weighted by molar-refractivity contribution is 0.0328. The van der Waals surface area contributed by atoms with E-state index in [0.717, 1.165) is 67.8 Å².